The minimum Gasteiger partial charge on any atom is -0.508 e. The van der Waals surface area contributed by atoms with Gasteiger partial charge in [0.05, 0.1) is 0 Å². The summed E-state index contributed by atoms with van der Waals surface area (Å²) in [6.45, 7) is 9.10. The van der Waals surface area contributed by atoms with Crippen LogP contribution in [0.25, 0.3) is 0 Å². The number of esters is 1. The van der Waals surface area contributed by atoms with Crippen molar-refractivity contribution in [3.63, 3.8) is 0 Å². The van der Waals surface area contributed by atoms with E-state index in [9.17, 15) is 9.90 Å². The van der Waals surface area contributed by atoms with Gasteiger partial charge < -0.3 is 14.6 Å². The van der Waals surface area contributed by atoms with Gasteiger partial charge in [0.15, 0.2) is 0 Å². The Labute approximate surface area is 136 Å². The lowest BCUT2D eigenvalue weighted by atomic mass is 10.0. The summed E-state index contributed by atoms with van der Waals surface area (Å²) >= 11 is 0. The Morgan fingerprint density at radius 2 is 1.70 bits per heavy atom. The summed E-state index contributed by atoms with van der Waals surface area (Å²) in [7, 11) is 0. The molecular weight excluding hydrogens is 292 g/mol. The Hall–Kier alpha value is -2.49. The molecule has 23 heavy (non-hydrogen) atoms. The van der Waals surface area contributed by atoms with Crippen LogP contribution in [0.1, 0.15) is 42.2 Å². The molecule has 2 aromatic rings. The molecule has 0 spiro atoms. The molecule has 1 N–H and O–H groups in total. The van der Waals surface area contributed by atoms with Gasteiger partial charge >= 0.3 is 5.97 Å². The number of benzene rings is 2. The van der Waals surface area contributed by atoms with Crippen molar-refractivity contribution in [2.45, 2.75) is 40.7 Å². The van der Waals surface area contributed by atoms with Gasteiger partial charge in [0.1, 0.15) is 23.4 Å². The zero-order valence-electron chi connectivity index (χ0n) is 14.1. The van der Waals surface area contributed by atoms with E-state index in [2.05, 4.69) is 0 Å². The summed E-state index contributed by atoms with van der Waals surface area (Å²) in [4.78, 5) is 11.2. The van der Waals surface area contributed by atoms with Crippen LogP contribution in [-0.2, 0) is 4.79 Å². The fraction of sp³-hybridized carbons (Fsp3) is 0.316. The van der Waals surface area contributed by atoms with Gasteiger partial charge in [-0.05, 0) is 68.1 Å². The molecule has 1 unspecified atom stereocenters. The van der Waals surface area contributed by atoms with Gasteiger partial charge in [0, 0.05) is 6.92 Å². The zero-order valence-corrected chi connectivity index (χ0v) is 14.1. The number of carbonyl (C=O) groups is 1. The third-order valence-corrected chi connectivity index (χ3v) is 3.89. The Bertz CT molecular complexity index is 717. The minimum atomic E-state index is -0.332. The van der Waals surface area contributed by atoms with Crippen LogP contribution < -0.4 is 9.47 Å². The second-order valence-electron chi connectivity index (χ2n) is 5.72. The van der Waals surface area contributed by atoms with Crippen LogP contribution in [0.4, 0.5) is 0 Å². The molecule has 0 fully saturated rings. The number of phenolic OH excluding ortho intramolecular Hbond substituents is 1. The average Bonchev–Trinajstić information content (AvgIpc) is 2.49. The van der Waals surface area contributed by atoms with Gasteiger partial charge in [0.25, 0.3) is 0 Å². The predicted molar refractivity (Wildman–Crippen MR) is 89.1 cm³/mol. The van der Waals surface area contributed by atoms with Gasteiger partial charge in [-0.25, -0.2) is 0 Å². The van der Waals surface area contributed by atoms with E-state index >= 15 is 0 Å². The fourth-order valence-electron chi connectivity index (χ4n) is 2.45. The van der Waals surface area contributed by atoms with Crippen molar-refractivity contribution < 1.29 is 19.4 Å². The van der Waals surface area contributed by atoms with E-state index in [-0.39, 0.29) is 17.8 Å². The zero-order chi connectivity index (χ0) is 17.1. The Kier molecular flexibility index (Phi) is 4.94. The highest BCUT2D eigenvalue weighted by Gasteiger charge is 2.16. The van der Waals surface area contributed by atoms with E-state index in [0.717, 1.165) is 28.0 Å². The number of aryl methyl sites for hydroxylation is 1. The van der Waals surface area contributed by atoms with Crippen LogP contribution >= 0.6 is 0 Å². The molecule has 0 radical (unpaired) electrons. The SMILES string of the molecule is CC(=O)Oc1c(C)cc(OC(C)c2ccc(O)cc2)c(C)c1C. The van der Waals surface area contributed by atoms with E-state index < -0.39 is 0 Å². The summed E-state index contributed by atoms with van der Waals surface area (Å²) in [5.41, 5.74) is 3.67. The first-order valence-electron chi connectivity index (χ1n) is 7.54. The van der Waals surface area contributed by atoms with Gasteiger partial charge in [0.2, 0.25) is 0 Å². The van der Waals surface area contributed by atoms with Crippen LogP contribution in [0.3, 0.4) is 0 Å². The Morgan fingerprint density at radius 1 is 1.09 bits per heavy atom. The molecule has 0 aromatic heterocycles. The largest absolute Gasteiger partial charge is 0.508 e. The molecule has 2 aromatic carbocycles. The van der Waals surface area contributed by atoms with Crippen LogP contribution in [0.2, 0.25) is 0 Å². The van der Waals surface area contributed by atoms with Gasteiger partial charge in [-0.3, -0.25) is 4.79 Å². The number of hydrogen-bond donors (Lipinski definition) is 1. The first-order valence-corrected chi connectivity index (χ1v) is 7.54. The van der Waals surface area contributed by atoms with E-state index in [4.69, 9.17) is 9.47 Å². The molecule has 0 aliphatic heterocycles. The number of rotatable bonds is 4. The van der Waals surface area contributed by atoms with Crippen LogP contribution in [0, 0.1) is 20.8 Å². The van der Waals surface area contributed by atoms with Crippen molar-refractivity contribution in [1.82, 2.24) is 0 Å². The Morgan fingerprint density at radius 3 is 2.26 bits per heavy atom. The van der Waals surface area contributed by atoms with Crippen molar-refractivity contribution in [3.8, 4) is 17.2 Å². The van der Waals surface area contributed by atoms with Crippen LogP contribution in [0.5, 0.6) is 17.2 Å². The molecule has 4 heteroatoms. The van der Waals surface area contributed by atoms with Crippen LogP contribution in [-0.4, -0.2) is 11.1 Å². The molecule has 0 bridgehead atoms. The maximum absolute atomic E-state index is 11.2. The molecule has 0 amide bonds. The molecule has 2 rings (SSSR count). The predicted octanol–water partition coefficient (Wildman–Crippen LogP) is 4.38. The Balaban J connectivity index is 2.30. The van der Waals surface area contributed by atoms with Crippen LogP contribution in [0.15, 0.2) is 30.3 Å². The number of ether oxygens (including phenoxy) is 2. The first kappa shape index (κ1) is 16.9. The molecule has 1 atom stereocenters. The molecule has 0 aliphatic rings. The van der Waals surface area contributed by atoms with Gasteiger partial charge in [-0.15, -0.1) is 0 Å². The van der Waals surface area contributed by atoms with Crippen molar-refractivity contribution in [1.29, 1.82) is 0 Å². The van der Waals surface area contributed by atoms with E-state index in [1.165, 1.54) is 6.92 Å². The maximum atomic E-state index is 11.2. The summed E-state index contributed by atoms with van der Waals surface area (Å²) < 4.78 is 11.4. The summed E-state index contributed by atoms with van der Waals surface area (Å²) in [5.74, 6) is 1.26. The quantitative estimate of drug-likeness (QED) is 0.672. The number of phenols is 1. The van der Waals surface area contributed by atoms with E-state index in [1.54, 1.807) is 12.1 Å². The standard InChI is InChI=1S/C19H22O4/c1-11-10-18(12(2)13(3)19(11)23-15(5)20)22-14(4)16-6-8-17(21)9-7-16/h6-10,14,21H,1-5H3. The highest BCUT2D eigenvalue weighted by Crippen LogP contribution is 2.35. The molecule has 122 valence electrons. The monoisotopic (exact) mass is 314 g/mol. The fourth-order valence-corrected chi connectivity index (χ4v) is 2.45. The summed E-state index contributed by atoms with van der Waals surface area (Å²) in [5, 5.41) is 9.37. The van der Waals surface area contributed by atoms with E-state index in [1.807, 2.05) is 45.9 Å². The average molecular weight is 314 g/mol. The lowest BCUT2D eigenvalue weighted by Gasteiger charge is -2.20. The second-order valence-corrected chi connectivity index (χ2v) is 5.72. The molecule has 0 saturated heterocycles. The first-order chi connectivity index (χ1) is 10.8. The minimum absolute atomic E-state index is 0.160. The summed E-state index contributed by atoms with van der Waals surface area (Å²) in [6.07, 6.45) is -0.160. The normalized spacial score (nSPS) is 11.9. The van der Waals surface area contributed by atoms with Gasteiger partial charge in [-0.2, -0.15) is 0 Å². The lowest BCUT2D eigenvalue weighted by Crippen LogP contribution is -2.08. The molecule has 4 nitrogen and oxygen atoms in total. The number of aromatic hydroxyl groups is 1. The molecule has 0 heterocycles. The highest BCUT2D eigenvalue weighted by molar-refractivity contribution is 5.71. The molecule has 0 saturated carbocycles. The van der Waals surface area contributed by atoms with Crippen molar-refractivity contribution in [3.05, 3.63) is 52.6 Å². The third-order valence-electron chi connectivity index (χ3n) is 3.89. The van der Waals surface area contributed by atoms with Crippen molar-refractivity contribution >= 4 is 5.97 Å². The third kappa shape index (κ3) is 3.83. The second kappa shape index (κ2) is 6.73. The molecular formula is C19H22O4. The molecule has 0 aliphatic carbocycles. The van der Waals surface area contributed by atoms with Crippen molar-refractivity contribution in [2.75, 3.05) is 0 Å². The van der Waals surface area contributed by atoms with Crippen molar-refractivity contribution in [2.24, 2.45) is 0 Å². The lowest BCUT2D eigenvalue weighted by molar-refractivity contribution is -0.131. The topological polar surface area (TPSA) is 55.8 Å². The van der Waals surface area contributed by atoms with E-state index in [0.29, 0.717) is 5.75 Å². The maximum Gasteiger partial charge on any atom is 0.308 e. The number of carbonyl (C=O) groups excluding carboxylic acids is 1. The van der Waals surface area contributed by atoms with Gasteiger partial charge in [-0.1, -0.05) is 12.1 Å². The number of hydrogen-bond acceptors (Lipinski definition) is 4. The highest BCUT2D eigenvalue weighted by atomic mass is 16.5. The smallest absolute Gasteiger partial charge is 0.308 e. The summed E-state index contributed by atoms with van der Waals surface area (Å²) in [6, 6.07) is 8.84.